The Morgan fingerprint density at radius 3 is 2.44 bits per heavy atom. The second-order valence-electron chi connectivity index (χ2n) is 4.95. The Balaban J connectivity index is 2.32. The first kappa shape index (κ1) is 13.5. The van der Waals surface area contributed by atoms with Crippen molar-refractivity contribution in [2.75, 3.05) is 13.1 Å². The monoisotopic (exact) mass is 226 g/mol. The molecular formula is C13H26N2O. The van der Waals surface area contributed by atoms with Crippen LogP contribution in [0.4, 0.5) is 0 Å². The zero-order valence-electron chi connectivity index (χ0n) is 10.7. The summed E-state index contributed by atoms with van der Waals surface area (Å²) in [5.41, 5.74) is 5.86. The number of amides is 1. The average molecular weight is 226 g/mol. The second kappa shape index (κ2) is 6.89. The zero-order chi connectivity index (χ0) is 12.0. The number of nitrogens with zero attached hydrogens (tertiary/aromatic N) is 1. The van der Waals surface area contributed by atoms with Gasteiger partial charge in [0.25, 0.3) is 0 Å². The number of nitrogens with two attached hydrogens (primary N) is 1. The SMILES string of the molecule is CCCC1CCN(C(=O)C(N)CCC)CC1. The lowest BCUT2D eigenvalue weighted by atomic mass is 9.92. The van der Waals surface area contributed by atoms with Crippen molar-refractivity contribution in [3.63, 3.8) is 0 Å². The van der Waals surface area contributed by atoms with Crippen LogP contribution in [0.2, 0.25) is 0 Å². The highest BCUT2D eigenvalue weighted by Gasteiger charge is 2.25. The Morgan fingerprint density at radius 1 is 1.31 bits per heavy atom. The predicted octanol–water partition coefficient (Wildman–Crippen LogP) is 2.15. The van der Waals surface area contributed by atoms with Gasteiger partial charge in [0.2, 0.25) is 5.91 Å². The van der Waals surface area contributed by atoms with Gasteiger partial charge in [-0.05, 0) is 25.2 Å². The van der Waals surface area contributed by atoms with Gasteiger partial charge in [0, 0.05) is 13.1 Å². The van der Waals surface area contributed by atoms with Gasteiger partial charge in [-0.25, -0.2) is 0 Å². The molecule has 1 unspecified atom stereocenters. The fourth-order valence-corrected chi connectivity index (χ4v) is 2.52. The summed E-state index contributed by atoms with van der Waals surface area (Å²) in [5.74, 6) is 0.994. The van der Waals surface area contributed by atoms with Crippen LogP contribution >= 0.6 is 0 Å². The molecule has 0 radical (unpaired) electrons. The molecule has 1 heterocycles. The van der Waals surface area contributed by atoms with Crippen molar-refractivity contribution < 1.29 is 4.79 Å². The van der Waals surface area contributed by atoms with Crippen molar-refractivity contribution in [2.24, 2.45) is 11.7 Å². The number of hydrogen-bond acceptors (Lipinski definition) is 2. The summed E-state index contributed by atoms with van der Waals surface area (Å²) in [6.45, 7) is 6.14. The van der Waals surface area contributed by atoms with Gasteiger partial charge in [0.1, 0.15) is 0 Å². The van der Waals surface area contributed by atoms with Gasteiger partial charge in [-0.15, -0.1) is 0 Å². The highest BCUT2D eigenvalue weighted by atomic mass is 16.2. The normalized spacial score (nSPS) is 19.8. The van der Waals surface area contributed by atoms with E-state index in [1.54, 1.807) is 0 Å². The Kier molecular flexibility index (Phi) is 5.81. The van der Waals surface area contributed by atoms with Gasteiger partial charge in [-0.3, -0.25) is 4.79 Å². The number of carbonyl (C=O) groups excluding carboxylic acids is 1. The molecule has 1 saturated heterocycles. The first-order chi connectivity index (χ1) is 7.69. The minimum Gasteiger partial charge on any atom is -0.341 e. The summed E-state index contributed by atoms with van der Waals surface area (Å²) in [6, 6.07) is -0.271. The Morgan fingerprint density at radius 2 is 1.94 bits per heavy atom. The van der Waals surface area contributed by atoms with Crippen molar-refractivity contribution in [1.82, 2.24) is 4.90 Å². The van der Waals surface area contributed by atoms with E-state index in [1.165, 1.54) is 25.7 Å². The lowest BCUT2D eigenvalue weighted by Gasteiger charge is -2.33. The van der Waals surface area contributed by atoms with E-state index in [2.05, 4.69) is 13.8 Å². The fourth-order valence-electron chi connectivity index (χ4n) is 2.52. The molecule has 0 aliphatic carbocycles. The van der Waals surface area contributed by atoms with E-state index >= 15 is 0 Å². The summed E-state index contributed by atoms with van der Waals surface area (Å²) in [7, 11) is 0. The third kappa shape index (κ3) is 3.78. The first-order valence-electron chi connectivity index (χ1n) is 6.73. The summed E-state index contributed by atoms with van der Waals surface area (Å²) < 4.78 is 0. The lowest BCUT2D eigenvalue weighted by molar-refractivity contribution is -0.134. The highest BCUT2D eigenvalue weighted by molar-refractivity contribution is 5.81. The summed E-state index contributed by atoms with van der Waals surface area (Å²) in [4.78, 5) is 13.9. The van der Waals surface area contributed by atoms with Crippen molar-refractivity contribution in [3.05, 3.63) is 0 Å². The minimum absolute atomic E-state index is 0.164. The lowest BCUT2D eigenvalue weighted by Crippen LogP contribution is -2.47. The highest BCUT2D eigenvalue weighted by Crippen LogP contribution is 2.22. The van der Waals surface area contributed by atoms with Crippen LogP contribution in [0.3, 0.4) is 0 Å². The number of hydrogen-bond donors (Lipinski definition) is 1. The van der Waals surface area contributed by atoms with Crippen LogP contribution in [0.5, 0.6) is 0 Å². The largest absolute Gasteiger partial charge is 0.341 e. The molecule has 2 N–H and O–H groups in total. The maximum absolute atomic E-state index is 12.0. The molecule has 0 aromatic rings. The molecule has 1 atom stereocenters. The van der Waals surface area contributed by atoms with Gasteiger partial charge < -0.3 is 10.6 Å². The number of rotatable bonds is 5. The van der Waals surface area contributed by atoms with Crippen LogP contribution in [0, 0.1) is 5.92 Å². The van der Waals surface area contributed by atoms with E-state index in [-0.39, 0.29) is 11.9 Å². The van der Waals surface area contributed by atoms with Gasteiger partial charge >= 0.3 is 0 Å². The third-order valence-electron chi connectivity index (χ3n) is 3.54. The summed E-state index contributed by atoms with van der Waals surface area (Å²) in [5, 5.41) is 0. The second-order valence-corrected chi connectivity index (χ2v) is 4.95. The summed E-state index contributed by atoms with van der Waals surface area (Å²) in [6.07, 6.45) is 6.70. The number of carbonyl (C=O) groups is 1. The minimum atomic E-state index is -0.271. The Bertz CT molecular complexity index is 210. The fraction of sp³-hybridized carbons (Fsp3) is 0.923. The quantitative estimate of drug-likeness (QED) is 0.781. The van der Waals surface area contributed by atoms with E-state index in [4.69, 9.17) is 5.73 Å². The van der Waals surface area contributed by atoms with Gasteiger partial charge in [0.15, 0.2) is 0 Å². The Labute approximate surface area is 99.4 Å². The van der Waals surface area contributed by atoms with Crippen molar-refractivity contribution >= 4 is 5.91 Å². The molecule has 1 aliphatic heterocycles. The molecular weight excluding hydrogens is 200 g/mol. The van der Waals surface area contributed by atoms with Gasteiger partial charge in [-0.2, -0.15) is 0 Å². The smallest absolute Gasteiger partial charge is 0.239 e. The van der Waals surface area contributed by atoms with Crippen LogP contribution in [0.15, 0.2) is 0 Å². The van der Waals surface area contributed by atoms with E-state index in [0.717, 1.165) is 31.8 Å². The van der Waals surface area contributed by atoms with Crippen LogP contribution < -0.4 is 5.73 Å². The van der Waals surface area contributed by atoms with Crippen LogP contribution in [-0.2, 0) is 4.79 Å². The third-order valence-corrected chi connectivity index (χ3v) is 3.54. The molecule has 1 fully saturated rings. The molecule has 0 aromatic carbocycles. The number of likely N-dealkylation sites (tertiary alicyclic amines) is 1. The Hall–Kier alpha value is -0.570. The maximum Gasteiger partial charge on any atom is 0.239 e. The van der Waals surface area contributed by atoms with Crippen LogP contribution in [0.25, 0.3) is 0 Å². The molecule has 0 saturated carbocycles. The number of piperidine rings is 1. The molecule has 1 rings (SSSR count). The van der Waals surface area contributed by atoms with Gasteiger partial charge in [-0.1, -0.05) is 33.1 Å². The molecule has 16 heavy (non-hydrogen) atoms. The molecule has 3 nitrogen and oxygen atoms in total. The standard InChI is InChI=1S/C13H26N2O/c1-3-5-11-7-9-15(10-8-11)13(16)12(14)6-4-2/h11-12H,3-10,14H2,1-2H3. The van der Waals surface area contributed by atoms with E-state index in [9.17, 15) is 4.79 Å². The van der Waals surface area contributed by atoms with Crippen LogP contribution in [-0.4, -0.2) is 29.9 Å². The summed E-state index contributed by atoms with van der Waals surface area (Å²) >= 11 is 0. The first-order valence-corrected chi connectivity index (χ1v) is 6.73. The van der Waals surface area contributed by atoms with E-state index < -0.39 is 0 Å². The van der Waals surface area contributed by atoms with E-state index in [0.29, 0.717) is 0 Å². The average Bonchev–Trinajstić information content (AvgIpc) is 2.30. The molecule has 0 aromatic heterocycles. The molecule has 1 aliphatic rings. The molecule has 0 spiro atoms. The van der Waals surface area contributed by atoms with Crippen molar-refractivity contribution in [1.29, 1.82) is 0 Å². The molecule has 94 valence electrons. The predicted molar refractivity (Wildman–Crippen MR) is 67.1 cm³/mol. The molecule has 1 amide bonds. The van der Waals surface area contributed by atoms with Crippen molar-refractivity contribution in [2.45, 2.75) is 58.4 Å². The van der Waals surface area contributed by atoms with Crippen LogP contribution in [0.1, 0.15) is 52.4 Å². The van der Waals surface area contributed by atoms with Gasteiger partial charge in [0.05, 0.1) is 6.04 Å². The molecule has 0 bridgehead atoms. The molecule has 3 heteroatoms. The topological polar surface area (TPSA) is 46.3 Å². The maximum atomic E-state index is 12.0. The zero-order valence-corrected chi connectivity index (χ0v) is 10.7. The van der Waals surface area contributed by atoms with E-state index in [1.807, 2.05) is 4.90 Å². The van der Waals surface area contributed by atoms with Crippen molar-refractivity contribution in [3.8, 4) is 0 Å².